The van der Waals surface area contributed by atoms with Gasteiger partial charge in [-0.1, -0.05) is 62.8 Å². The van der Waals surface area contributed by atoms with Crippen molar-refractivity contribution in [3.8, 4) is 0 Å². The second-order valence-electron chi connectivity index (χ2n) is 10.9. The number of imidazole rings is 1. The quantitative estimate of drug-likeness (QED) is 0.472. The lowest BCUT2D eigenvalue weighted by atomic mass is 9.91. The highest BCUT2D eigenvalue weighted by Crippen LogP contribution is 2.22. The van der Waals surface area contributed by atoms with Crippen molar-refractivity contribution in [1.29, 1.82) is 0 Å². The number of hydrogen-bond acceptors (Lipinski definition) is 6. The summed E-state index contributed by atoms with van der Waals surface area (Å²) in [7, 11) is 0. The van der Waals surface area contributed by atoms with Crippen molar-refractivity contribution in [2.45, 2.75) is 60.7 Å². The molecule has 0 atom stereocenters. The second kappa shape index (κ2) is 10.9. The van der Waals surface area contributed by atoms with Crippen LogP contribution in [0.1, 0.15) is 40.2 Å². The Morgan fingerprint density at radius 1 is 1.03 bits per heavy atom. The van der Waals surface area contributed by atoms with Crippen LogP contribution in [0.3, 0.4) is 0 Å². The van der Waals surface area contributed by atoms with E-state index in [9.17, 15) is 14.4 Å². The molecular formula is C28H38N6O3. The SMILES string of the molecule is CC(C)=CCn1c(N2CCNCC2)nc2c1c(=O)n(CCc1ccccc1)c(=O)n2CC(=O)C(C)(C)C. The first-order valence-corrected chi connectivity index (χ1v) is 13.0. The van der Waals surface area contributed by atoms with Crippen molar-refractivity contribution in [3.05, 3.63) is 68.4 Å². The largest absolute Gasteiger partial charge is 0.340 e. The Hall–Kier alpha value is -3.46. The van der Waals surface area contributed by atoms with Crippen LogP contribution in [0.15, 0.2) is 51.6 Å². The van der Waals surface area contributed by atoms with Gasteiger partial charge in [-0.3, -0.25) is 18.7 Å². The van der Waals surface area contributed by atoms with Crippen LogP contribution in [0.5, 0.6) is 0 Å². The average Bonchev–Trinajstić information content (AvgIpc) is 3.25. The van der Waals surface area contributed by atoms with Crippen molar-refractivity contribution in [3.63, 3.8) is 0 Å². The molecular weight excluding hydrogens is 468 g/mol. The molecule has 1 aromatic carbocycles. The smallest absolute Gasteiger partial charge is 0.333 e. The number of anilines is 1. The maximum atomic E-state index is 13.9. The Bertz CT molecular complexity index is 1410. The molecule has 0 spiro atoms. The van der Waals surface area contributed by atoms with E-state index in [0.717, 1.165) is 37.3 Å². The minimum atomic E-state index is -0.636. The molecule has 0 aliphatic carbocycles. The van der Waals surface area contributed by atoms with Crippen molar-refractivity contribution in [2.24, 2.45) is 5.41 Å². The first-order chi connectivity index (χ1) is 17.6. The Kier molecular flexibility index (Phi) is 7.82. The van der Waals surface area contributed by atoms with E-state index < -0.39 is 11.1 Å². The van der Waals surface area contributed by atoms with Crippen molar-refractivity contribution in [1.82, 2.24) is 24.0 Å². The summed E-state index contributed by atoms with van der Waals surface area (Å²) < 4.78 is 4.58. The van der Waals surface area contributed by atoms with Gasteiger partial charge in [-0.2, -0.15) is 4.98 Å². The lowest BCUT2D eigenvalue weighted by Gasteiger charge is -2.28. The molecule has 2 aromatic heterocycles. The number of benzene rings is 1. The number of aryl methyl sites for hydroxylation is 1. The summed E-state index contributed by atoms with van der Waals surface area (Å²) in [5.74, 6) is 0.565. The van der Waals surface area contributed by atoms with Crippen LogP contribution < -0.4 is 21.5 Å². The molecule has 0 radical (unpaired) electrons. The molecule has 1 fully saturated rings. The van der Waals surface area contributed by atoms with Crippen LogP contribution in [0.25, 0.3) is 11.2 Å². The average molecular weight is 507 g/mol. The monoisotopic (exact) mass is 506 g/mol. The first-order valence-electron chi connectivity index (χ1n) is 13.0. The molecule has 1 N–H and O–H groups in total. The number of rotatable bonds is 8. The Balaban J connectivity index is 1.95. The molecule has 3 aromatic rings. The van der Waals surface area contributed by atoms with Gasteiger partial charge in [0.25, 0.3) is 5.56 Å². The summed E-state index contributed by atoms with van der Waals surface area (Å²) in [6, 6.07) is 9.78. The lowest BCUT2D eigenvalue weighted by Crippen LogP contribution is -2.44. The number of Topliss-reactive ketones (excluding diaryl/α,β-unsaturated/α-hetero) is 1. The number of nitrogens with zero attached hydrogens (tertiary/aromatic N) is 5. The van der Waals surface area contributed by atoms with Gasteiger partial charge in [-0.15, -0.1) is 0 Å². The number of fused-ring (bicyclic) bond motifs is 1. The number of aromatic nitrogens is 4. The zero-order valence-electron chi connectivity index (χ0n) is 22.6. The molecule has 37 heavy (non-hydrogen) atoms. The standard InChI is InChI=1S/C28H38N6O3/c1-20(2)11-15-32-23-24(30-26(32)31-17-13-29-14-18-31)34(19-22(35)28(3,4)5)27(37)33(25(23)36)16-12-21-9-7-6-8-10-21/h6-11,29H,12-19H2,1-5H3. The number of hydrogen-bond donors (Lipinski definition) is 1. The molecule has 0 amide bonds. The van der Waals surface area contributed by atoms with E-state index in [0.29, 0.717) is 24.4 Å². The molecule has 1 saturated heterocycles. The van der Waals surface area contributed by atoms with Crippen molar-refractivity contribution < 1.29 is 4.79 Å². The third-order valence-corrected chi connectivity index (χ3v) is 6.78. The highest BCUT2D eigenvalue weighted by Gasteiger charge is 2.28. The number of carbonyl (C=O) groups excluding carboxylic acids is 1. The molecule has 9 heteroatoms. The maximum Gasteiger partial charge on any atom is 0.333 e. The van der Waals surface area contributed by atoms with E-state index in [1.54, 1.807) is 0 Å². The van der Waals surface area contributed by atoms with Crippen LogP contribution in [0.4, 0.5) is 5.95 Å². The fourth-order valence-electron chi connectivity index (χ4n) is 4.44. The third-order valence-electron chi connectivity index (χ3n) is 6.78. The third kappa shape index (κ3) is 5.77. The zero-order valence-corrected chi connectivity index (χ0v) is 22.6. The van der Waals surface area contributed by atoms with Crippen LogP contribution in [-0.2, 0) is 30.8 Å². The normalized spacial score (nSPS) is 14.2. The van der Waals surface area contributed by atoms with Gasteiger partial charge in [-0.05, 0) is 25.8 Å². The molecule has 198 valence electrons. The number of carbonyl (C=O) groups is 1. The van der Waals surface area contributed by atoms with E-state index in [1.165, 1.54) is 9.13 Å². The molecule has 0 unspecified atom stereocenters. The topological polar surface area (TPSA) is 94.2 Å². The molecule has 3 heterocycles. The summed E-state index contributed by atoms with van der Waals surface area (Å²) in [6.07, 6.45) is 2.58. The van der Waals surface area contributed by atoms with Gasteiger partial charge in [0.1, 0.15) is 0 Å². The number of piperazine rings is 1. The molecule has 0 saturated carbocycles. The van der Waals surface area contributed by atoms with E-state index >= 15 is 0 Å². The van der Waals surface area contributed by atoms with Crippen LogP contribution >= 0.6 is 0 Å². The van der Waals surface area contributed by atoms with E-state index in [1.807, 2.05) is 69.5 Å². The minimum Gasteiger partial charge on any atom is -0.340 e. The number of nitrogens with one attached hydrogen (secondary N) is 1. The maximum absolute atomic E-state index is 13.9. The van der Waals surface area contributed by atoms with Gasteiger partial charge >= 0.3 is 5.69 Å². The van der Waals surface area contributed by atoms with Gasteiger partial charge in [0, 0.05) is 44.7 Å². The Morgan fingerprint density at radius 3 is 2.32 bits per heavy atom. The first kappa shape index (κ1) is 26.6. The summed E-state index contributed by atoms with van der Waals surface area (Å²) in [4.78, 5) is 47.8. The van der Waals surface area contributed by atoms with Crippen LogP contribution in [0, 0.1) is 5.41 Å². The highest BCUT2D eigenvalue weighted by molar-refractivity contribution is 5.85. The number of allylic oxidation sites excluding steroid dienone is 2. The summed E-state index contributed by atoms with van der Waals surface area (Å²) >= 11 is 0. The highest BCUT2D eigenvalue weighted by atomic mass is 16.2. The lowest BCUT2D eigenvalue weighted by molar-refractivity contribution is -0.126. The van der Waals surface area contributed by atoms with Crippen LogP contribution in [0.2, 0.25) is 0 Å². The molecule has 4 rings (SSSR count). The Morgan fingerprint density at radius 2 is 1.70 bits per heavy atom. The molecule has 1 aliphatic rings. The summed E-state index contributed by atoms with van der Waals surface area (Å²) in [5.41, 5.74) is 1.29. The second-order valence-corrected chi connectivity index (χ2v) is 10.9. The van der Waals surface area contributed by atoms with Crippen LogP contribution in [-0.4, -0.2) is 50.6 Å². The predicted octanol–water partition coefficient (Wildman–Crippen LogP) is 2.59. The fraction of sp³-hybridized carbons (Fsp3) is 0.500. The minimum absolute atomic E-state index is 0.0910. The number of ketones is 1. The Labute approximate surface area is 217 Å². The fourth-order valence-corrected chi connectivity index (χ4v) is 4.44. The molecule has 0 bridgehead atoms. The van der Waals surface area contributed by atoms with Gasteiger partial charge in [0.05, 0.1) is 6.54 Å². The predicted molar refractivity (Wildman–Crippen MR) is 147 cm³/mol. The van der Waals surface area contributed by atoms with E-state index in [-0.39, 0.29) is 30.1 Å². The van der Waals surface area contributed by atoms with Gasteiger partial charge in [-0.25, -0.2) is 4.79 Å². The summed E-state index contributed by atoms with van der Waals surface area (Å²) in [6.45, 7) is 13.2. The van der Waals surface area contributed by atoms with Gasteiger partial charge < -0.3 is 14.8 Å². The van der Waals surface area contributed by atoms with Crippen molar-refractivity contribution in [2.75, 3.05) is 31.1 Å². The molecule has 1 aliphatic heterocycles. The summed E-state index contributed by atoms with van der Waals surface area (Å²) in [5, 5.41) is 3.35. The van der Waals surface area contributed by atoms with Gasteiger partial charge in [0.15, 0.2) is 16.9 Å². The van der Waals surface area contributed by atoms with Crippen molar-refractivity contribution >= 4 is 22.9 Å². The van der Waals surface area contributed by atoms with E-state index in [4.69, 9.17) is 4.98 Å². The van der Waals surface area contributed by atoms with E-state index in [2.05, 4.69) is 16.3 Å². The van der Waals surface area contributed by atoms with Gasteiger partial charge in [0.2, 0.25) is 5.95 Å². The zero-order chi connectivity index (χ0) is 26.7. The molecule has 9 nitrogen and oxygen atoms in total.